The fourth-order valence-electron chi connectivity index (χ4n) is 1.03. The van der Waals surface area contributed by atoms with Crippen LogP contribution in [0, 0.1) is 5.82 Å². The van der Waals surface area contributed by atoms with E-state index < -0.39 is 17.9 Å². The van der Waals surface area contributed by atoms with E-state index in [1.54, 1.807) is 0 Å². The van der Waals surface area contributed by atoms with Gasteiger partial charge in [-0.25, -0.2) is 9.18 Å². The smallest absolute Gasteiger partial charge is 0.337 e. The summed E-state index contributed by atoms with van der Waals surface area (Å²) in [6, 6.07) is 2.33. The minimum Gasteiger partial charge on any atom is -0.494 e. The lowest BCUT2D eigenvalue weighted by molar-refractivity contribution is -0.146. The van der Waals surface area contributed by atoms with Gasteiger partial charge in [0.15, 0.2) is 17.7 Å². The summed E-state index contributed by atoms with van der Waals surface area (Å²) in [4.78, 5) is 10.5. The van der Waals surface area contributed by atoms with Crippen molar-refractivity contribution in [2.45, 2.75) is 6.10 Å². The number of carbonyl (C=O) groups is 1. The van der Waals surface area contributed by atoms with Crippen LogP contribution in [0.15, 0.2) is 16.6 Å². The van der Waals surface area contributed by atoms with Gasteiger partial charge in [-0.2, -0.15) is 0 Å². The Morgan fingerprint density at radius 3 is 2.67 bits per heavy atom. The highest BCUT2D eigenvalue weighted by atomic mass is 79.9. The molecular weight excluding hydrogens is 271 g/mol. The third-order valence-electron chi connectivity index (χ3n) is 1.79. The van der Waals surface area contributed by atoms with Crippen LogP contribution >= 0.6 is 15.9 Å². The number of aliphatic hydroxyl groups is 1. The van der Waals surface area contributed by atoms with Crippen LogP contribution in [-0.2, 0) is 4.79 Å². The second kappa shape index (κ2) is 4.59. The standard InChI is InChI=1S/C9H8BrFO4/c1-15-6-3-4(8(12)9(13)14)2-5(10)7(6)11/h2-3,8,12H,1H3,(H,13,14). The normalized spacial score (nSPS) is 12.3. The molecule has 0 aliphatic heterocycles. The van der Waals surface area contributed by atoms with Crippen molar-refractivity contribution in [2.24, 2.45) is 0 Å². The molecule has 0 spiro atoms. The number of hydrogen-bond acceptors (Lipinski definition) is 3. The van der Waals surface area contributed by atoms with E-state index in [4.69, 9.17) is 5.11 Å². The van der Waals surface area contributed by atoms with E-state index in [1.165, 1.54) is 13.2 Å². The molecule has 0 bridgehead atoms. The van der Waals surface area contributed by atoms with Crippen LogP contribution in [0.2, 0.25) is 0 Å². The molecule has 0 heterocycles. The minimum atomic E-state index is -1.70. The Morgan fingerprint density at radius 2 is 2.20 bits per heavy atom. The zero-order chi connectivity index (χ0) is 11.6. The zero-order valence-corrected chi connectivity index (χ0v) is 9.28. The number of benzene rings is 1. The number of rotatable bonds is 3. The van der Waals surface area contributed by atoms with Crippen molar-refractivity contribution in [1.29, 1.82) is 0 Å². The van der Waals surface area contributed by atoms with Crippen molar-refractivity contribution in [1.82, 2.24) is 0 Å². The van der Waals surface area contributed by atoms with Crippen molar-refractivity contribution in [3.63, 3.8) is 0 Å². The van der Waals surface area contributed by atoms with E-state index in [1.807, 2.05) is 0 Å². The summed E-state index contributed by atoms with van der Waals surface area (Å²) < 4.78 is 18.0. The van der Waals surface area contributed by atoms with E-state index in [-0.39, 0.29) is 15.8 Å². The third-order valence-corrected chi connectivity index (χ3v) is 2.36. The van der Waals surface area contributed by atoms with Gasteiger partial charge in [0.2, 0.25) is 0 Å². The maximum Gasteiger partial charge on any atom is 0.337 e. The van der Waals surface area contributed by atoms with Gasteiger partial charge in [-0.1, -0.05) is 0 Å². The van der Waals surface area contributed by atoms with Crippen LogP contribution in [0.25, 0.3) is 0 Å². The Balaban J connectivity index is 3.22. The van der Waals surface area contributed by atoms with Gasteiger partial charge in [0, 0.05) is 0 Å². The Morgan fingerprint density at radius 1 is 1.60 bits per heavy atom. The first-order chi connectivity index (χ1) is 6.97. The largest absolute Gasteiger partial charge is 0.494 e. The van der Waals surface area contributed by atoms with Gasteiger partial charge in [-0.15, -0.1) is 0 Å². The van der Waals surface area contributed by atoms with Gasteiger partial charge < -0.3 is 14.9 Å². The number of methoxy groups -OCH3 is 1. The van der Waals surface area contributed by atoms with Gasteiger partial charge in [0.1, 0.15) is 0 Å². The molecule has 15 heavy (non-hydrogen) atoms. The molecule has 0 aliphatic carbocycles. The van der Waals surface area contributed by atoms with Gasteiger partial charge in [-0.05, 0) is 33.6 Å². The van der Waals surface area contributed by atoms with E-state index in [0.717, 1.165) is 6.07 Å². The summed E-state index contributed by atoms with van der Waals surface area (Å²) in [6.45, 7) is 0. The molecule has 4 nitrogen and oxygen atoms in total. The molecule has 1 aromatic rings. The maximum atomic E-state index is 13.2. The molecule has 0 saturated carbocycles. The predicted octanol–water partition coefficient (Wildman–Crippen LogP) is 1.71. The SMILES string of the molecule is COc1cc(C(O)C(=O)O)cc(Br)c1F. The predicted molar refractivity (Wildman–Crippen MR) is 53.2 cm³/mol. The van der Waals surface area contributed by atoms with Crippen LogP contribution < -0.4 is 4.74 Å². The Bertz CT molecular complexity index is 394. The van der Waals surface area contributed by atoms with Crippen LogP contribution in [0.5, 0.6) is 5.75 Å². The highest BCUT2D eigenvalue weighted by Crippen LogP contribution is 2.29. The van der Waals surface area contributed by atoms with E-state index >= 15 is 0 Å². The monoisotopic (exact) mass is 278 g/mol. The van der Waals surface area contributed by atoms with Gasteiger partial charge >= 0.3 is 5.97 Å². The fraction of sp³-hybridized carbons (Fsp3) is 0.222. The Kier molecular flexibility index (Phi) is 3.65. The molecule has 6 heteroatoms. The quantitative estimate of drug-likeness (QED) is 0.884. The van der Waals surface area contributed by atoms with Crippen molar-refractivity contribution in [2.75, 3.05) is 7.11 Å². The van der Waals surface area contributed by atoms with Gasteiger partial charge in [-0.3, -0.25) is 0 Å². The average Bonchev–Trinajstić information content (AvgIpc) is 2.20. The number of halogens is 2. The molecule has 0 amide bonds. The number of aliphatic carboxylic acids is 1. The van der Waals surface area contributed by atoms with E-state index in [2.05, 4.69) is 20.7 Å². The lowest BCUT2D eigenvalue weighted by Crippen LogP contribution is -2.11. The molecule has 82 valence electrons. The number of hydrogen-bond donors (Lipinski definition) is 2. The highest BCUT2D eigenvalue weighted by molar-refractivity contribution is 9.10. The maximum absolute atomic E-state index is 13.2. The number of carboxylic acid groups (broad SMARTS) is 1. The first-order valence-electron chi connectivity index (χ1n) is 3.91. The fourth-order valence-corrected chi connectivity index (χ4v) is 1.49. The minimum absolute atomic E-state index is 0.0390. The molecule has 2 N–H and O–H groups in total. The third kappa shape index (κ3) is 2.45. The summed E-state index contributed by atoms with van der Waals surface area (Å²) in [6.07, 6.45) is -1.70. The Labute approximate surface area is 93.4 Å². The number of carboxylic acids is 1. The number of aliphatic hydroxyl groups excluding tert-OH is 1. The second-order valence-corrected chi connectivity index (χ2v) is 3.61. The van der Waals surface area contributed by atoms with Gasteiger partial charge in [0.25, 0.3) is 0 Å². The molecular formula is C9H8BrFO4. The second-order valence-electron chi connectivity index (χ2n) is 2.76. The van der Waals surface area contributed by atoms with Crippen molar-refractivity contribution in [3.05, 3.63) is 28.0 Å². The van der Waals surface area contributed by atoms with Crippen LogP contribution in [0.1, 0.15) is 11.7 Å². The first kappa shape index (κ1) is 11.9. The van der Waals surface area contributed by atoms with Crippen molar-refractivity contribution in [3.8, 4) is 5.75 Å². The van der Waals surface area contributed by atoms with Gasteiger partial charge in [0.05, 0.1) is 11.6 Å². The van der Waals surface area contributed by atoms with Crippen molar-refractivity contribution >= 4 is 21.9 Å². The molecule has 1 aromatic carbocycles. The van der Waals surface area contributed by atoms with Crippen LogP contribution in [-0.4, -0.2) is 23.3 Å². The molecule has 1 rings (SSSR count). The molecule has 0 saturated heterocycles. The summed E-state index contributed by atoms with van der Waals surface area (Å²) in [5.41, 5.74) is 0.0487. The molecule has 1 atom stereocenters. The molecule has 0 fully saturated rings. The summed E-state index contributed by atoms with van der Waals surface area (Å²) >= 11 is 2.90. The summed E-state index contributed by atoms with van der Waals surface area (Å²) in [5, 5.41) is 17.8. The summed E-state index contributed by atoms with van der Waals surface area (Å²) in [5.74, 6) is -2.17. The lowest BCUT2D eigenvalue weighted by atomic mass is 10.1. The molecule has 0 radical (unpaired) electrons. The topological polar surface area (TPSA) is 66.8 Å². The average molecular weight is 279 g/mol. The van der Waals surface area contributed by atoms with E-state index in [0.29, 0.717) is 0 Å². The highest BCUT2D eigenvalue weighted by Gasteiger charge is 2.19. The van der Waals surface area contributed by atoms with Crippen LogP contribution in [0.3, 0.4) is 0 Å². The summed E-state index contributed by atoms with van der Waals surface area (Å²) in [7, 11) is 1.25. The van der Waals surface area contributed by atoms with Crippen molar-refractivity contribution < 1.29 is 24.1 Å². The van der Waals surface area contributed by atoms with E-state index in [9.17, 15) is 14.3 Å². The zero-order valence-electron chi connectivity index (χ0n) is 7.70. The lowest BCUT2D eigenvalue weighted by Gasteiger charge is -2.10. The van der Waals surface area contributed by atoms with Crippen LogP contribution in [0.4, 0.5) is 4.39 Å². The molecule has 0 aromatic heterocycles. The number of ether oxygens (including phenoxy) is 1. The Hall–Kier alpha value is -1.14. The molecule has 1 unspecified atom stereocenters. The molecule has 0 aliphatic rings. The first-order valence-corrected chi connectivity index (χ1v) is 4.70.